The van der Waals surface area contributed by atoms with Crippen molar-refractivity contribution < 1.29 is 4.92 Å². The van der Waals surface area contributed by atoms with Crippen LogP contribution >= 0.6 is 11.6 Å². The molecule has 0 aliphatic heterocycles. The lowest BCUT2D eigenvalue weighted by atomic mass is 10.1. The van der Waals surface area contributed by atoms with E-state index in [4.69, 9.17) is 11.6 Å². The summed E-state index contributed by atoms with van der Waals surface area (Å²) in [4.78, 5) is 10.6. The van der Waals surface area contributed by atoms with E-state index < -0.39 is 0 Å². The first-order valence-electron chi connectivity index (χ1n) is 6.30. The van der Waals surface area contributed by atoms with E-state index in [0.29, 0.717) is 17.3 Å². The quantitative estimate of drug-likeness (QED) is 0.663. The van der Waals surface area contributed by atoms with Crippen LogP contribution in [0.2, 0.25) is 5.02 Å². The van der Waals surface area contributed by atoms with E-state index >= 15 is 0 Å². The lowest BCUT2D eigenvalue weighted by Crippen LogP contribution is -2.08. The summed E-state index contributed by atoms with van der Waals surface area (Å²) in [5, 5.41) is 14.9. The van der Waals surface area contributed by atoms with Gasteiger partial charge in [0.1, 0.15) is 5.69 Å². The van der Waals surface area contributed by atoms with Crippen LogP contribution in [0.5, 0.6) is 0 Å². The Kier molecular flexibility index (Phi) is 4.58. The number of rotatable bonds is 5. The largest absolute Gasteiger partial charge is 0.379 e. The summed E-state index contributed by atoms with van der Waals surface area (Å²) < 4.78 is 0. The molecule has 0 unspecified atom stereocenters. The maximum absolute atomic E-state index is 11.0. The van der Waals surface area contributed by atoms with E-state index in [1.54, 1.807) is 6.07 Å². The summed E-state index contributed by atoms with van der Waals surface area (Å²) in [6.07, 6.45) is 0.780. The van der Waals surface area contributed by atoms with Gasteiger partial charge in [0.05, 0.1) is 4.92 Å². The van der Waals surface area contributed by atoms with Gasteiger partial charge in [-0.2, -0.15) is 0 Å². The molecule has 2 rings (SSSR count). The molecule has 0 aliphatic carbocycles. The highest BCUT2D eigenvalue weighted by molar-refractivity contribution is 6.30. The van der Waals surface area contributed by atoms with Gasteiger partial charge in [0.2, 0.25) is 0 Å². The monoisotopic (exact) mass is 290 g/mol. The second-order valence-electron chi connectivity index (χ2n) is 4.53. The molecule has 0 spiro atoms. The second kappa shape index (κ2) is 6.39. The first-order valence-corrected chi connectivity index (χ1v) is 6.68. The van der Waals surface area contributed by atoms with Crippen LogP contribution in [0.3, 0.4) is 0 Å². The van der Waals surface area contributed by atoms with Crippen LogP contribution in [0, 0.1) is 17.0 Å². The number of anilines is 1. The molecule has 20 heavy (non-hydrogen) atoms. The third-order valence-electron chi connectivity index (χ3n) is 3.08. The molecule has 5 heteroatoms. The third kappa shape index (κ3) is 3.48. The molecule has 2 aromatic carbocycles. The molecular formula is C15H15ClN2O2. The summed E-state index contributed by atoms with van der Waals surface area (Å²) in [7, 11) is 0. The number of nitrogens with zero attached hydrogens (tertiary/aromatic N) is 1. The Bertz CT molecular complexity index is 612. The van der Waals surface area contributed by atoms with Crippen LogP contribution in [0.15, 0.2) is 42.5 Å². The molecule has 0 atom stereocenters. The highest BCUT2D eigenvalue weighted by Gasteiger charge is 2.14. The molecule has 104 valence electrons. The number of nitrogens with one attached hydrogen (secondary N) is 1. The van der Waals surface area contributed by atoms with Gasteiger partial charge < -0.3 is 5.32 Å². The summed E-state index contributed by atoms with van der Waals surface area (Å²) >= 11 is 5.83. The number of benzene rings is 2. The van der Waals surface area contributed by atoms with E-state index in [2.05, 4.69) is 5.32 Å². The van der Waals surface area contributed by atoms with Crippen molar-refractivity contribution in [3.63, 3.8) is 0 Å². The standard InChI is InChI=1S/C15H15ClN2O2/c1-11-3-2-4-14(18(19)20)15(11)17-10-9-12-5-7-13(16)8-6-12/h2-8,17H,9-10H2,1H3. The van der Waals surface area contributed by atoms with Crippen molar-refractivity contribution in [1.82, 2.24) is 0 Å². The molecule has 0 aliphatic rings. The molecule has 0 fully saturated rings. The molecule has 0 aromatic heterocycles. The number of nitro benzene ring substituents is 1. The summed E-state index contributed by atoms with van der Waals surface area (Å²) in [6.45, 7) is 2.49. The Morgan fingerprint density at radius 1 is 1.20 bits per heavy atom. The van der Waals surface area contributed by atoms with Gasteiger partial charge in [-0.1, -0.05) is 35.9 Å². The zero-order chi connectivity index (χ0) is 14.5. The van der Waals surface area contributed by atoms with Crippen LogP contribution in [0.25, 0.3) is 0 Å². The summed E-state index contributed by atoms with van der Waals surface area (Å²) in [5.74, 6) is 0. The number of hydrogen-bond acceptors (Lipinski definition) is 3. The molecule has 4 nitrogen and oxygen atoms in total. The molecule has 1 N–H and O–H groups in total. The fraction of sp³-hybridized carbons (Fsp3) is 0.200. The maximum Gasteiger partial charge on any atom is 0.292 e. The van der Waals surface area contributed by atoms with Crippen molar-refractivity contribution in [2.75, 3.05) is 11.9 Å². The first kappa shape index (κ1) is 14.3. The van der Waals surface area contributed by atoms with Gasteiger partial charge >= 0.3 is 0 Å². The average molecular weight is 291 g/mol. The Morgan fingerprint density at radius 2 is 1.90 bits per heavy atom. The number of halogens is 1. The minimum atomic E-state index is -0.363. The van der Waals surface area contributed by atoms with Crippen LogP contribution in [0.1, 0.15) is 11.1 Å². The van der Waals surface area contributed by atoms with Crippen molar-refractivity contribution in [2.45, 2.75) is 13.3 Å². The number of aryl methyl sites for hydroxylation is 1. The van der Waals surface area contributed by atoms with Gasteiger partial charge in [-0.25, -0.2) is 0 Å². The van der Waals surface area contributed by atoms with Crippen LogP contribution in [0.4, 0.5) is 11.4 Å². The van der Waals surface area contributed by atoms with Crippen molar-refractivity contribution >= 4 is 23.0 Å². The van der Waals surface area contributed by atoms with E-state index in [9.17, 15) is 10.1 Å². The molecular weight excluding hydrogens is 276 g/mol. The van der Waals surface area contributed by atoms with Crippen molar-refractivity contribution in [3.8, 4) is 0 Å². The number of hydrogen-bond donors (Lipinski definition) is 1. The van der Waals surface area contributed by atoms with Crippen LogP contribution in [-0.4, -0.2) is 11.5 Å². The zero-order valence-corrected chi connectivity index (χ0v) is 11.9. The second-order valence-corrected chi connectivity index (χ2v) is 4.97. The van der Waals surface area contributed by atoms with Crippen LogP contribution < -0.4 is 5.32 Å². The Morgan fingerprint density at radius 3 is 2.55 bits per heavy atom. The van der Waals surface area contributed by atoms with E-state index in [-0.39, 0.29) is 10.6 Å². The lowest BCUT2D eigenvalue weighted by Gasteiger charge is -2.10. The molecule has 2 aromatic rings. The SMILES string of the molecule is Cc1cccc([N+](=O)[O-])c1NCCc1ccc(Cl)cc1. The smallest absolute Gasteiger partial charge is 0.292 e. The summed E-state index contributed by atoms with van der Waals surface area (Å²) in [5.41, 5.74) is 2.71. The summed E-state index contributed by atoms with van der Waals surface area (Å²) in [6, 6.07) is 12.7. The Labute approximate surface area is 122 Å². The number of para-hydroxylation sites is 1. The normalized spacial score (nSPS) is 10.3. The highest BCUT2D eigenvalue weighted by Crippen LogP contribution is 2.27. The predicted octanol–water partition coefficient (Wildman–Crippen LogP) is 4.21. The van der Waals surface area contributed by atoms with E-state index in [0.717, 1.165) is 17.5 Å². The molecule has 0 radical (unpaired) electrons. The average Bonchev–Trinajstić information content (AvgIpc) is 2.42. The molecule has 0 bridgehead atoms. The minimum absolute atomic E-state index is 0.112. The van der Waals surface area contributed by atoms with Crippen molar-refractivity contribution in [2.24, 2.45) is 0 Å². The van der Waals surface area contributed by atoms with Crippen molar-refractivity contribution in [1.29, 1.82) is 0 Å². The van der Waals surface area contributed by atoms with Gasteiger partial charge in [-0.05, 0) is 36.6 Å². The minimum Gasteiger partial charge on any atom is -0.379 e. The van der Waals surface area contributed by atoms with Gasteiger partial charge in [0.25, 0.3) is 5.69 Å². The predicted molar refractivity (Wildman–Crippen MR) is 81.5 cm³/mol. The first-order chi connectivity index (χ1) is 9.58. The molecule has 0 heterocycles. The Hall–Kier alpha value is -2.07. The van der Waals surface area contributed by atoms with Gasteiger partial charge in [-0.15, -0.1) is 0 Å². The third-order valence-corrected chi connectivity index (χ3v) is 3.33. The number of nitro groups is 1. The fourth-order valence-corrected chi connectivity index (χ4v) is 2.14. The van der Waals surface area contributed by atoms with E-state index in [1.807, 2.05) is 37.3 Å². The molecule has 0 amide bonds. The van der Waals surface area contributed by atoms with Crippen molar-refractivity contribution in [3.05, 3.63) is 68.7 Å². The molecule has 0 saturated heterocycles. The van der Waals surface area contributed by atoms with Gasteiger partial charge in [0.15, 0.2) is 0 Å². The zero-order valence-electron chi connectivity index (χ0n) is 11.1. The van der Waals surface area contributed by atoms with Crippen LogP contribution in [-0.2, 0) is 6.42 Å². The Balaban J connectivity index is 2.04. The van der Waals surface area contributed by atoms with E-state index in [1.165, 1.54) is 6.07 Å². The highest BCUT2D eigenvalue weighted by atomic mass is 35.5. The van der Waals surface area contributed by atoms with Gasteiger partial charge in [-0.3, -0.25) is 10.1 Å². The fourth-order valence-electron chi connectivity index (χ4n) is 2.02. The van der Waals surface area contributed by atoms with Gasteiger partial charge in [0, 0.05) is 17.6 Å². The molecule has 0 saturated carbocycles. The topological polar surface area (TPSA) is 55.2 Å². The maximum atomic E-state index is 11.0. The lowest BCUT2D eigenvalue weighted by molar-refractivity contribution is -0.384.